The van der Waals surface area contributed by atoms with Gasteiger partial charge in [-0.15, -0.1) is 0 Å². The molecule has 0 aliphatic heterocycles. The number of aromatic amines is 1. The van der Waals surface area contributed by atoms with E-state index in [1.165, 1.54) is 18.2 Å². The second kappa shape index (κ2) is 8.92. The van der Waals surface area contributed by atoms with Crippen molar-refractivity contribution < 1.29 is 17.7 Å². The van der Waals surface area contributed by atoms with Crippen molar-refractivity contribution in [2.45, 2.75) is 26.8 Å². The second-order valence-corrected chi connectivity index (χ2v) is 8.57. The average Bonchev–Trinajstić information content (AvgIpc) is 3.27. The molecule has 0 spiro atoms. The van der Waals surface area contributed by atoms with Gasteiger partial charge in [0.2, 0.25) is 0 Å². The molecule has 0 unspecified atom stereocenters. The molecule has 0 aliphatic carbocycles. The zero-order valence-corrected chi connectivity index (χ0v) is 19.6. The zero-order chi connectivity index (χ0) is 25.6. The summed E-state index contributed by atoms with van der Waals surface area (Å²) in [5.41, 5.74) is 2.30. The summed E-state index contributed by atoms with van der Waals surface area (Å²) in [4.78, 5) is 27.1. The summed E-state index contributed by atoms with van der Waals surface area (Å²) in [7, 11) is 0. The third-order valence-electron chi connectivity index (χ3n) is 6.04. The van der Waals surface area contributed by atoms with Crippen molar-refractivity contribution in [1.82, 2.24) is 10.1 Å². The highest BCUT2D eigenvalue weighted by Crippen LogP contribution is 2.35. The van der Waals surface area contributed by atoms with Crippen LogP contribution in [0.1, 0.15) is 29.7 Å². The second-order valence-electron chi connectivity index (χ2n) is 8.57. The molecule has 2 heterocycles. The van der Waals surface area contributed by atoms with E-state index in [1.54, 1.807) is 37.3 Å². The van der Waals surface area contributed by atoms with Gasteiger partial charge in [0.15, 0.2) is 11.3 Å². The van der Waals surface area contributed by atoms with E-state index < -0.39 is 23.4 Å². The number of nitrogens with one attached hydrogen (secondary N) is 2. The number of aromatic nitrogens is 2. The van der Waals surface area contributed by atoms with Gasteiger partial charge in [-0.05, 0) is 56.7 Å². The van der Waals surface area contributed by atoms with Crippen LogP contribution in [0.5, 0.6) is 0 Å². The summed E-state index contributed by atoms with van der Waals surface area (Å²) >= 11 is 0. The fourth-order valence-electron chi connectivity index (χ4n) is 4.33. The number of hydrogen-bond donors (Lipinski definition) is 2. The highest BCUT2D eigenvalue weighted by molar-refractivity contribution is 5.85. The highest BCUT2D eigenvalue weighted by Gasteiger charge is 2.22. The topological polar surface area (TPSA) is 101 Å². The van der Waals surface area contributed by atoms with Gasteiger partial charge < -0.3 is 9.73 Å². The minimum atomic E-state index is -0.810. The Bertz CT molecular complexity index is 1740. The Morgan fingerprint density at radius 1 is 1.00 bits per heavy atom. The molecule has 0 radical (unpaired) electrons. The van der Waals surface area contributed by atoms with E-state index in [4.69, 9.17) is 4.42 Å². The van der Waals surface area contributed by atoms with Crippen molar-refractivity contribution in [3.8, 4) is 22.7 Å². The number of rotatable bonds is 5. The first-order chi connectivity index (χ1) is 17.2. The molecule has 9 heteroatoms. The van der Waals surface area contributed by atoms with E-state index in [2.05, 4.69) is 20.0 Å². The summed E-state index contributed by atoms with van der Waals surface area (Å²) in [6.07, 6.45) is 0. The Balaban J connectivity index is 1.67. The van der Waals surface area contributed by atoms with Gasteiger partial charge in [-0.2, -0.15) is 0 Å². The minimum Gasteiger partial charge on any atom is -0.455 e. The monoisotopic (exact) mass is 489 g/mol. The maximum Gasteiger partial charge on any atom is 0.439 e. The number of H-pyrrole nitrogens is 1. The third kappa shape index (κ3) is 3.98. The maximum absolute atomic E-state index is 14.8. The summed E-state index contributed by atoms with van der Waals surface area (Å²) in [5.74, 6) is -1.85. The zero-order valence-electron chi connectivity index (χ0n) is 19.6. The molecule has 0 bridgehead atoms. The number of benzene rings is 3. The van der Waals surface area contributed by atoms with Crippen molar-refractivity contribution in [2.24, 2.45) is 0 Å². The van der Waals surface area contributed by atoms with E-state index in [-0.39, 0.29) is 28.1 Å². The van der Waals surface area contributed by atoms with Gasteiger partial charge in [-0.3, -0.25) is 14.3 Å². The summed E-state index contributed by atoms with van der Waals surface area (Å²) in [5, 5.41) is 7.19. The molecule has 5 aromatic rings. The van der Waals surface area contributed by atoms with E-state index in [0.29, 0.717) is 27.8 Å². The molecule has 2 aromatic heterocycles. The number of aryl methyl sites for hydroxylation is 1. The molecule has 5 rings (SSSR count). The quantitative estimate of drug-likeness (QED) is 0.320. The van der Waals surface area contributed by atoms with E-state index >= 15 is 0 Å². The van der Waals surface area contributed by atoms with Gasteiger partial charge in [0, 0.05) is 16.8 Å². The predicted octanol–water partition coefficient (Wildman–Crippen LogP) is 5.87. The van der Waals surface area contributed by atoms with E-state index in [9.17, 15) is 18.4 Å². The van der Waals surface area contributed by atoms with Gasteiger partial charge in [0.25, 0.3) is 0 Å². The van der Waals surface area contributed by atoms with Crippen LogP contribution in [0.15, 0.2) is 73.1 Å². The number of halogens is 2. The molecule has 1 atom stereocenters. The summed E-state index contributed by atoms with van der Waals surface area (Å²) in [6, 6.07) is 13.6. The normalized spacial score (nSPS) is 12.1. The van der Waals surface area contributed by atoms with Crippen LogP contribution in [0.25, 0.3) is 33.7 Å². The molecule has 7 nitrogen and oxygen atoms in total. The molecular weight excluding hydrogens is 468 g/mol. The van der Waals surface area contributed by atoms with E-state index in [1.807, 2.05) is 19.9 Å². The molecule has 0 saturated heterocycles. The van der Waals surface area contributed by atoms with Crippen LogP contribution in [0.2, 0.25) is 0 Å². The molecule has 0 aliphatic rings. The lowest BCUT2D eigenvalue weighted by molar-refractivity contribution is 0.387. The Hall–Kier alpha value is -4.53. The van der Waals surface area contributed by atoms with Crippen LogP contribution in [0.3, 0.4) is 0 Å². The molecule has 36 heavy (non-hydrogen) atoms. The van der Waals surface area contributed by atoms with Crippen molar-refractivity contribution in [1.29, 1.82) is 0 Å². The SMILES string of the molecule is Cc1cc([C@@H](C)Nc2cccc(F)c2-c2noc(=O)[nH]2)c2oc(-c3ccccc3F)c(C)c(=O)c2c1. The van der Waals surface area contributed by atoms with Crippen LogP contribution < -0.4 is 16.5 Å². The fourth-order valence-corrected chi connectivity index (χ4v) is 4.33. The van der Waals surface area contributed by atoms with Gasteiger partial charge in [-0.25, -0.2) is 13.6 Å². The van der Waals surface area contributed by atoms with E-state index in [0.717, 1.165) is 5.56 Å². The standard InChI is InChI=1S/C27H21F2N3O4/c1-13-11-17(15(3)30-21-10-6-9-20(29)22(21)26-31-27(34)36-32-26)25-18(12-13)23(33)14(2)24(35-25)16-7-4-5-8-19(16)28/h4-12,15,30H,1-3H3,(H,31,32,34)/t15-/m1/s1. The highest BCUT2D eigenvalue weighted by atomic mass is 19.1. The van der Waals surface area contributed by atoms with Crippen molar-refractivity contribution >= 4 is 16.7 Å². The Labute approximate surface area is 203 Å². The molecule has 0 amide bonds. The largest absolute Gasteiger partial charge is 0.455 e. The van der Waals surface area contributed by atoms with Gasteiger partial charge in [0.05, 0.1) is 22.6 Å². The third-order valence-corrected chi connectivity index (χ3v) is 6.04. The molecule has 2 N–H and O–H groups in total. The number of fused-ring (bicyclic) bond motifs is 1. The average molecular weight is 489 g/mol. The lowest BCUT2D eigenvalue weighted by atomic mass is 9.98. The first kappa shape index (κ1) is 23.2. The van der Waals surface area contributed by atoms with Crippen LogP contribution in [-0.4, -0.2) is 10.1 Å². The first-order valence-corrected chi connectivity index (χ1v) is 11.2. The van der Waals surface area contributed by atoms with Crippen LogP contribution in [-0.2, 0) is 0 Å². The predicted molar refractivity (Wildman–Crippen MR) is 132 cm³/mol. The van der Waals surface area contributed by atoms with Gasteiger partial charge >= 0.3 is 5.76 Å². The Morgan fingerprint density at radius 2 is 1.75 bits per heavy atom. The van der Waals surface area contributed by atoms with Crippen LogP contribution >= 0.6 is 0 Å². The molecule has 182 valence electrons. The molecule has 3 aromatic carbocycles. The smallest absolute Gasteiger partial charge is 0.439 e. The van der Waals surface area contributed by atoms with Crippen molar-refractivity contribution in [2.75, 3.05) is 5.32 Å². The van der Waals surface area contributed by atoms with Crippen molar-refractivity contribution in [3.05, 3.63) is 104 Å². The van der Waals surface area contributed by atoms with Gasteiger partial charge in [-0.1, -0.05) is 29.4 Å². The number of nitrogens with zero attached hydrogens (tertiary/aromatic N) is 1. The minimum absolute atomic E-state index is 0.0245. The summed E-state index contributed by atoms with van der Waals surface area (Å²) in [6.45, 7) is 5.27. The molecular formula is C27H21F2N3O4. The van der Waals surface area contributed by atoms with Crippen LogP contribution in [0.4, 0.5) is 14.5 Å². The molecule has 0 saturated carbocycles. The van der Waals surface area contributed by atoms with Crippen LogP contribution in [0, 0.1) is 25.5 Å². The first-order valence-electron chi connectivity index (χ1n) is 11.2. The maximum atomic E-state index is 14.8. The number of anilines is 1. The number of hydrogen-bond acceptors (Lipinski definition) is 6. The Kier molecular flexibility index (Phi) is 5.75. The molecule has 0 fully saturated rings. The Morgan fingerprint density at radius 3 is 2.47 bits per heavy atom. The van der Waals surface area contributed by atoms with Crippen molar-refractivity contribution in [3.63, 3.8) is 0 Å². The van der Waals surface area contributed by atoms with Gasteiger partial charge in [0.1, 0.15) is 23.0 Å². The summed E-state index contributed by atoms with van der Waals surface area (Å²) < 4.78 is 40.1. The fraction of sp³-hybridized carbons (Fsp3) is 0.148. The lowest BCUT2D eigenvalue weighted by Gasteiger charge is -2.20. The lowest BCUT2D eigenvalue weighted by Crippen LogP contribution is -2.13.